The van der Waals surface area contributed by atoms with Crippen LogP contribution in [0.1, 0.15) is 6.23 Å². The molecule has 2 aromatic rings. The van der Waals surface area contributed by atoms with Gasteiger partial charge in [-0.25, -0.2) is 4.98 Å². The fourth-order valence-corrected chi connectivity index (χ4v) is 2.30. The molecule has 3 heterocycles. The van der Waals surface area contributed by atoms with Gasteiger partial charge in [0.1, 0.15) is 12.2 Å². The summed E-state index contributed by atoms with van der Waals surface area (Å²) in [5.74, 6) is -0.0601. The molecule has 0 saturated carbocycles. The van der Waals surface area contributed by atoms with E-state index in [4.69, 9.17) is 21.3 Å². The molecular formula is C10H14N6O4. The number of ether oxygens (including phenoxy) is 1. The number of aromatic nitrogens is 4. The second-order valence-corrected chi connectivity index (χ2v) is 4.59. The Labute approximate surface area is 112 Å². The van der Waals surface area contributed by atoms with E-state index >= 15 is 0 Å². The van der Waals surface area contributed by atoms with Crippen LogP contribution in [0.2, 0.25) is 0 Å². The van der Waals surface area contributed by atoms with E-state index in [1.807, 2.05) is 0 Å². The normalized spacial score (nSPS) is 30.1. The molecule has 1 saturated heterocycles. The molecular weight excluding hydrogens is 268 g/mol. The van der Waals surface area contributed by atoms with Crippen molar-refractivity contribution in [2.24, 2.45) is 5.73 Å². The van der Waals surface area contributed by atoms with Crippen LogP contribution in [0.3, 0.4) is 0 Å². The van der Waals surface area contributed by atoms with Gasteiger partial charge >= 0.3 is 0 Å². The lowest BCUT2D eigenvalue weighted by molar-refractivity contribution is -0.0437. The van der Waals surface area contributed by atoms with E-state index < -0.39 is 30.0 Å². The molecule has 2 aromatic heterocycles. The number of rotatable bonds is 2. The molecule has 1 aliphatic heterocycles. The Kier molecular flexibility index (Phi) is 2.94. The first kappa shape index (κ1) is 13.0. The highest BCUT2D eigenvalue weighted by Crippen LogP contribution is 2.29. The summed E-state index contributed by atoms with van der Waals surface area (Å²) in [5.41, 5.74) is 11.2. The van der Waals surface area contributed by atoms with Crippen LogP contribution < -0.4 is 17.0 Å². The first-order valence-corrected chi connectivity index (χ1v) is 5.95. The molecule has 4 atom stereocenters. The second-order valence-electron chi connectivity index (χ2n) is 4.59. The number of aliphatic hydroxyl groups excluding tert-OH is 2. The maximum atomic E-state index is 11.7. The minimum Gasteiger partial charge on any atom is -0.394 e. The van der Waals surface area contributed by atoms with Crippen molar-refractivity contribution in [3.8, 4) is 0 Å². The van der Waals surface area contributed by atoms with Gasteiger partial charge in [-0.05, 0) is 0 Å². The maximum absolute atomic E-state index is 11.7. The van der Waals surface area contributed by atoms with Crippen molar-refractivity contribution in [1.29, 1.82) is 0 Å². The predicted molar refractivity (Wildman–Crippen MR) is 67.5 cm³/mol. The number of nitrogens with two attached hydrogens (primary N) is 2. The van der Waals surface area contributed by atoms with Crippen LogP contribution in [0.25, 0.3) is 11.2 Å². The molecule has 1 fully saturated rings. The van der Waals surface area contributed by atoms with E-state index in [2.05, 4.69) is 15.0 Å². The van der Waals surface area contributed by atoms with Gasteiger partial charge in [-0.1, -0.05) is 0 Å². The van der Waals surface area contributed by atoms with E-state index in [1.165, 1.54) is 10.9 Å². The number of aromatic amines is 1. The molecule has 1 aliphatic rings. The fraction of sp³-hybridized carbons (Fsp3) is 0.500. The molecule has 0 radical (unpaired) electrons. The third-order valence-corrected chi connectivity index (χ3v) is 3.32. The Morgan fingerprint density at radius 1 is 1.55 bits per heavy atom. The number of nitrogens with one attached hydrogen (secondary N) is 1. The minimum atomic E-state index is -1.03. The average Bonchev–Trinajstić information content (AvgIpc) is 2.93. The summed E-state index contributed by atoms with van der Waals surface area (Å²) < 4.78 is 6.89. The third kappa shape index (κ3) is 1.78. The van der Waals surface area contributed by atoms with Crippen molar-refractivity contribution in [2.45, 2.75) is 24.5 Å². The molecule has 108 valence electrons. The van der Waals surface area contributed by atoms with E-state index in [-0.39, 0.29) is 23.7 Å². The van der Waals surface area contributed by atoms with Crippen molar-refractivity contribution >= 4 is 17.1 Å². The van der Waals surface area contributed by atoms with Gasteiger partial charge in [-0.2, -0.15) is 4.98 Å². The average molecular weight is 282 g/mol. The number of H-pyrrole nitrogens is 1. The molecule has 1 unspecified atom stereocenters. The highest BCUT2D eigenvalue weighted by Gasteiger charge is 2.42. The third-order valence-electron chi connectivity index (χ3n) is 3.32. The number of anilines is 1. The molecule has 0 aliphatic carbocycles. The largest absolute Gasteiger partial charge is 0.394 e. The standard InChI is InChI=1S/C10H14N6O4/c11-4-6(18)3(1-17)20-9(4)16-2-13-5-7(16)14-10(12)15-8(5)19/h2-4,6,9,17-18H,1,11H2,(H3,12,14,15,19)/t3-,4+,6?,9-/m1/s1. The highest BCUT2D eigenvalue weighted by molar-refractivity contribution is 5.70. The Morgan fingerprint density at radius 3 is 2.95 bits per heavy atom. The molecule has 0 spiro atoms. The first-order valence-electron chi connectivity index (χ1n) is 5.95. The van der Waals surface area contributed by atoms with Crippen molar-refractivity contribution in [2.75, 3.05) is 12.3 Å². The summed E-state index contributed by atoms with van der Waals surface area (Å²) in [7, 11) is 0. The zero-order valence-electron chi connectivity index (χ0n) is 10.3. The maximum Gasteiger partial charge on any atom is 0.280 e. The van der Waals surface area contributed by atoms with Gasteiger partial charge in [0.25, 0.3) is 5.56 Å². The molecule has 0 amide bonds. The zero-order chi connectivity index (χ0) is 14.4. The van der Waals surface area contributed by atoms with Crippen LogP contribution in [0, 0.1) is 0 Å². The van der Waals surface area contributed by atoms with Gasteiger partial charge in [-0.3, -0.25) is 14.3 Å². The van der Waals surface area contributed by atoms with Gasteiger partial charge in [0.05, 0.1) is 19.0 Å². The lowest BCUT2D eigenvalue weighted by Gasteiger charge is -2.17. The first-order chi connectivity index (χ1) is 9.52. The van der Waals surface area contributed by atoms with E-state index in [0.29, 0.717) is 0 Å². The Morgan fingerprint density at radius 2 is 2.30 bits per heavy atom. The zero-order valence-corrected chi connectivity index (χ0v) is 10.3. The fourth-order valence-electron chi connectivity index (χ4n) is 2.30. The number of nitrogen functional groups attached to an aromatic ring is 1. The van der Waals surface area contributed by atoms with Gasteiger partial charge < -0.3 is 26.4 Å². The summed E-state index contributed by atoms with van der Waals surface area (Å²) in [6.07, 6.45) is -1.28. The van der Waals surface area contributed by atoms with Crippen LogP contribution in [0.5, 0.6) is 0 Å². The summed E-state index contributed by atoms with van der Waals surface area (Å²) in [6.45, 7) is -0.367. The van der Waals surface area contributed by atoms with E-state index in [1.54, 1.807) is 0 Å². The van der Waals surface area contributed by atoms with Gasteiger partial charge in [-0.15, -0.1) is 0 Å². The summed E-state index contributed by atoms with van der Waals surface area (Å²) in [6, 6.07) is -0.785. The lowest BCUT2D eigenvalue weighted by Crippen LogP contribution is -2.39. The van der Waals surface area contributed by atoms with Crippen molar-refractivity contribution in [3.63, 3.8) is 0 Å². The SMILES string of the molecule is Nc1nc2c(ncn2[C@@H]2O[C@H](CO)C(O)[C@@H]2N)c(=O)[nH]1. The Hall–Kier alpha value is -2.01. The number of fused-ring (bicyclic) bond motifs is 1. The predicted octanol–water partition coefficient (Wildman–Crippen LogP) is -2.72. The van der Waals surface area contributed by atoms with E-state index in [9.17, 15) is 9.90 Å². The van der Waals surface area contributed by atoms with Gasteiger partial charge in [0, 0.05) is 0 Å². The monoisotopic (exact) mass is 282 g/mol. The van der Waals surface area contributed by atoms with Crippen LogP contribution in [0.4, 0.5) is 5.95 Å². The quantitative estimate of drug-likeness (QED) is 0.396. The van der Waals surface area contributed by atoms with Crippen molar-refractivity contribution in [3.05, 3.63) is 16.7 Å². The summed E-state index contributed by atoms with van der Waals surface area (Å²) >= 11 is 0. The van der Waals surface area contributed by atoms with Crippen LogP contribution in [0.15, 0.2) is 11.1 Å². The van der Waals surface area contributed by atoms with Gasteiger partial charge in [0.15, 0.2) is 17.4 Å². The highest BCUT2D eigenvalue weighted by atomic mass is 16.5. The van der Waals surface area contributed by atoms with Crippen LogP contribution in [-0.2, 0) is 4.74 Å². The van der Waals surface area contributed by atoms with Crippen LogP contribution in [-0.4, -0.2) is 54.6 Å². The van der Waals surface area contributed by atoms with Crippen molar-refractivity contribution < 1.29 is 14.9 Å². The molecule has 7 N–H and O–H groups in total. The Bertz CT molecular complexity index is 697. The van der Waals surface area contributed by atoms with E-state index in [0.717, 1.165) is 0 Å². The second kappa shape index (κ2) is 4.52. The topological polar surface area (TPSA) is 165 Å². The molecule has 20 heavy (non-hydrogen) atoms. The lowest BCUT2D eigenvalue weighted by atomic mass is 10.1. The molecule has 10 heteroatoms. The minimum absolute atomic E-state index is 0.0601. The summed E-state index contributed by atoms with van der Waals surface area (Å²) in [4.78, 5) is 21.9. The Balaban J connectivity index is 2.09. The summed E-state index contributed by atoms with van der Waals surface area (Å²) in [5, 5.41) is 19.0. The molecule has 0 bridgehead atoms. The van der Waals surface area contributed by atoms with Gasteiger partial charge in [0.2, 0.25) is 5.95 Å². The number of hydrogen-bond acceptors (Lipinski definition) is 8. The molecule has 3 rings (SSSR count). The molecule has 10 nitrogen and oxygen atoms in total. The number of imidazole rings is 1. The van der Waals surface area contributed by atoms with Crippen LogP contribution >= 0.6 is 0 Å². The number of hydrogen-bond donors (Lipinski definition) is 5. The molecule has 0 aromatic carbocycles. The van der Waals surface area contributed by atoms with Crippen molar-refractivity contribution in [1.82, 2.24) is 19.5 Å². The number of nitrogens with zero attached hydrogens (tertiary/aromatic N) is 3. The number of aliphatic hydroxyl groups is 2. The smallest absolute Gasteiger partial charge is 0.280 e.